The topological polar surface area (TPSA) is 55.8 Å². The summed E-state index contributed by atoms with van der Waals surface area (Å²) in [5, 5.41) is 9.20. The van der Waals surface area contributed by atoms with Gasteiger partial charge in [-0.3, -0.25) is 4.79 Å². The maximum Gasteiger partial charge on any atom is 0.303 e. The van der Waals surface area contributed by atoms with E-state index in [0.29, 0.717) is 6.42 Å². The Morgan fingerprint density at radius 3 is 2.86 bits per heavy atom. The molecule has 116 valence electrons. The van der Waals surface area contributed by atoms with Crippen molar-refractivity contribution in [3.63, 3.8) is 0 Å². The summed E-state index contributed by atoms with van der Waals surface area (Å²) in [6, 6.07) is 0. The third kappa shape index (κ3) is 2.49. The number of carboxylic acid groups (broad SMARTS) is 1. The molecule has 1 atom stereocenters. The van der Waals surface area contributed by atoms with E-state index in [4.69, 9.17) is 9.47 Å². The molecular formula is C18H20O4. The van der Waals surface area contributed by atoms with E-state index in [-0.39, 0.29) is 12.3 Å². The molecule has 3 aliphatic carbocycles. The molecule has 0 heterocycles. The largest absolute Gasteiger partial charge is 0.501 e. The van der Waals surface area contributed by atoms with Gasteiger partial charge in [-0.1, -0.05) is 17.7 Å². The number of carbonyl (C=O) groups is 1. The van der Waals surface area contributed by atoms with Gasteiger partial charge in [-0.05, 0) is 42.1 Å². The van der Waals surface area contributed by atoms with Gasteiger partial charge in [-0.15, -0.1) is 0 Å². The van der Waals surface area contributed by atoms with Crippen molar-refractivity contribution >= 4 is 5.97 Å². The molecule has 1 N–H and O–H groups in total. The Morgan fingerprint density at radius 1 is 1.36 bits per heavy atom. The van der Waals surface area contributed by atoms with Gasteiger partial charge in [-0.25, -0.2) is 0 Å². The third-order valence-electron chi connectivity index (χ3n) is 4.55. The summed E-state index contributed by atoms with van der Waals surface area (Å²) in [6.07, 6.45) is 10.6. The minimum Gasteiger partial charge on any atom is -0.501 e. The molecule has 3 rings (SSSR count). The summed E-state index contributed by atoms with van der Waals surface area (Å²) >= 11 is 0. The Morgan fingerprint density at radius 2 is 2.18 bits per heavy atom. The molecular weight excluding hydrogens is 280 g/mol. The highest BCUT2D eigenvalue weighted by atomic mass is 16.5. The van der Waals surface area contributed by atoms with Gasteiger partial charge in [0, 0.05) is 12.0 Å². The Kier molecular flexibility index (Phi) is 3.92. The predicted molar refractivity (Wildman–Crippen MR) is 83.0 cm³/mol. The van der Waals surface area contributed by atoms with E-state index in [1.807, 2.05) is 24.3 Å². The third-order valence-corrected chi connectivity index (χ3v) is 4.55. The van der Waals surface area contributed by atoms with Crippen molar-refractivity contribution in [3.05, 3.63) is 58.1 Å². The second-order valence-electron chi connectivity index (χ2n) is 5.75. The number of hydrogen-bond donors (Lipinski definition) is 1. The second-order valence-corrected chi connectivity index (χ2v) is 5.75. The Balaban J connectivity index is 2.14. The van der Waals surface area contributed by atoms with Crippen LogP contribution in [0.4, 0.5) is 0 Å². The summed E-state index contributed by atoms with van der Waals surface area (Å²) in [5.41, 5.74) is 4.62. The highest BCUT2D eigenvalue weighted by molar-refractivity contribution is 5.70. The lowest BCUT2D eigenvalue weighted by Gasteiger charge is -2.33. The van der Waals surface area contributed by atoms with Crippen molar-refractivity contribution in [2.75, 3.05) is 14.2 Å². The van der Waals surface area contributed by atoms with E-state index in [0.717, 1.165) is 29.9 Å². The van der Waals surface area contributed by atoms with Crippen LogP contribution in [0.2, 0.25) is 0 Å². The summed E-state index contributed by atoms with van der Waals surface area (Å²) < 4.78 is 11.0. The van der Waals surface area contributed by atoms with E-state index >= 15 is 0 Å². The van der Waals surface area contributed by atoms with Gasteiger partial charge in [0.15, 0.2) is 0 Å². The van der Waals surface area contributed by atoms with Crippen LogP contribution >= 0.6 is 0 Å². The monoisotopic (exact) mass is 300 g/mol. The van der Waals surface area contributed by atoms with Crippen molar-refractivity contribution in [1.82, 2.24) is 0 Å². The minimum atomic E-state index is -0.747. The smallest absolute Gasteiger partial charge is 0.303 e. The van der Waals surface area contributed by atoms with Crippen molar-refractivity contribution in [2.24, 2.45) is 5.92 Å². The van der Waals surface area contributed by atoms with E-state index in [1.165, 1.54) is 16.7 Å². The highest BCUT2D eigenvalue weighted by Crippen LogP contribution is 2.47. The van der Waals surface area contributed by atoms with Crippen LogP contribution in [-0.2, 0) is 14.3 Å². The molecule has 0 saturated carbocycles. The summed E-state index contributed by atoms with van der Waals surface area (Å²) in [4.78, 5) is 11.2. The van der Waals surface area contributed by atoms with Crippen LogP contribution in [0.25, 0.3) is 0 Å². The van der Waals surface area contributed by atoms with Crippen LogP contribution in [0.3, 0.4) is 0 Å². The minimum absolute atomic E-state index is 0.0645. The molecule has 3 aliphatic rings. The normalized spacial score (nSPS) is 23.5. The van der Waals surface area contributed by atoms with Crippen LogP contribution in [-0.4, -0.2) is 25.3 Å². The predicted octanol–water partition coefficient (Wildman–Crippen LogP) is 3.50. The number of aliphatic carboxylic acids is 1. The number of carboxylic acids is 1. The van der Waals surface area contributed by atoms with E-state index in [1.54, 1.807) is 14.2 Å². The first-order chi connectivity index (χ1) is 10.6. The highest BCUT2D eigenvalue weighted by Gasteiger charge is 2.34. The first-order valence-corrected chi connectivity index (χ1v) is 7.49. The Labute approximate surface area is 130 Å². The molecule has 0 saturated heterocycles. The number of ether oxygens (including phenoxy) is 2. The van der Waals surface area contributed by atoms with Gasteiger partial charge in [0.2, 0.25) is 0 Å². The average Bonchev–Trinajstić information content (AvgIpc) is 2.69. The molecule has 1 unspecified atom stereocenters. The fraction of sp³-hybridized carbons (Fsp3) is 0.389. The lowest BCUT2D eigenvalue weighted by molar-refractivity contribution is -0.137. The molecule has 0 aromatic rings. The van der Waals surface area contributed by atoms with Crippen molar-refractivity contribution < 1.29 is 19.4 Å². The maximum absolute atomic E-state index is 11.2. The zero-order chi connectivity index (χ0) is 15.7. The molecule has 0 amide bonds. The fourth-order valence-corrected chi connectivity index (χ4v) is 3.57. The summed E-state index contributed by atoms with van der Waals surface area (Å²) in [6.45, 7) is 0. The number of rotatable bonds is 4. The molecule has 22 heavy (non-hydrogen) atoms. The van der Waals surface area contributed by atoms with Crippen LogP contribution in [0.1, 0.15) is 25.7 Å². The molecule has 0 aromatic heterocycles. The Hall–Kier alpha value is -2.23. The maximum atomic E-state index is 11.2. The molecule has 0 fully saturated rings. The van der Waals surface area contributed by atoms with Crippen LogP contribution in [0, 0.1) is 5.92 Å². The van der Waals surface area contributed by atoms with Crippen LogP contribution < -0.4 is 0 Å². The molecule has 0 spiro atoms. The summed E-state index contributed by atoms with van der Waals surface area (Å²) in [7, 11) is 3.34. The van der Waals surface area contributed by atoms with Crippen LogP contribution in [0.15, 0.2) is 58.1 Å². The van der Waals surface area contributed by atoms with Gasteiger partial charge in [0.1, 0.15) is 11.5 Å². The van der Waals surface area contributed by atoms with E-state index in [2.05, 4.69) is 0 Å². The van der Waals surface area contributed by atoms with Gasteiger partial charge in [0.25, 0.3) is 0 Å². The van der Waals surface area contributed by atoms with E-state index in [9.17, 15) is 9.90 Å². The van der Waals surface area contributed by atoms with Crippen molar-refractivity contribution in [2.45, 2.75) is 25.7 Å². The number of allylic oxidation sites excluding steroid dienone is 8. The molecule has 0 bridgehead atoms. The van der Waals surface area contributed by atoms with Gasteiger partial charge < -0.3 is 14.6 Å². The standard InChI is InChI=1S/C18H20O4/c1-21-13-8-12-4-3-5-16(22-2)14-7-6-11(9-17(19)20)15(10-13)18(12)14/h3-5,8,11H,6-7,9-10H2,1-2H3,(H,19,20). The molecule has 0 radical (unpaired) electrons. The van der Waals surface area contributed by atoms with Crippen molar-refractivity contribution in [1.29, 1.82) is 0 Å². The second kappa shape index (κ2) is 5.87. The molecule has 0 aliphatic heterocycles. The molecule has 4 nitrogen and oxygen atoms in total. The SMILES string of the molecule is COC1=CC2=CC=CC(OC)=C3CCC(CC(=O)O)C(=C23)C1. The van der Waals surface area contributed by atoms with Crippen LogP contribution in [0.5, 0.6) is 0 Å². The number of methoxy groups -OCH3 is 2. The lowest BCUT2D eigenvalue weighted by Crippen LogP contribution is -2.22. The number of hydrogen-bond acceptors (Lipinski definition) is 3. The fourth-order valence-electron chi connectivity index (χ4n) is 3.57. The molecule has 4 heteroatoms. The summed E-state index contributed by atoms with van der Waals surface area (Å²) in [5.74, 6) is 1.08. The first kappa shape index (κ1) is 14.7. The van der Waals surface area contributed by atoms with E-state index < -0.39 is 5.97 Å². The van der Waals surface area contributed by atoms with Gasteiger partial charge >= 0.3 is 5.97 Å². The van der Waals surface area contributed by atoms with Gasteiger partial charge in [0.05, 0.1) is 20.6 Å². The van der Waals surface area contributed by atoms with Gasteiger partial charge in [-0.2, -0.15) is 0 Å². The Bertz CT molecular complexity index is 659. The molecule has 0 aromatic carbocycles. The quantitative estimate of drug-likeness (QED) is 0.863. The average molecular weight is 300 g/mol. The van der Waals surface area contributed by atoms with Crippen molar-refractivity contribution in [3.8, 4) is 0 Å². The zero-order valence-electron chi connectivity index (χ0n) is 12.9. The first-order valence-electron chi connectivity index (χ1n) is 7.49. The lowest BCUT2D eigenvalue weighted by atomic mass is 9.72. The zero-order valence-corrected chi connectivity index (χ0v) is 12.9.